The van der Waals surface area contributed by atoms with Gasteiger partial charge in [-0.15, -0.1) is 0 Å². The van der Waals surface area contributed by atoms with Gasteiger partial charge in [-0.05, 0) is 30.7 Å². The quantitative estimate of drug-likeness (QED) is 0.802. The number of hydrogen-bond donors (Lipinski definition) is 1. The molecule has 1 N–H and O–H groups in total. The van der Waals surface area contributed by atoms with Gasteiger partial charge in [0.1, 0.15) is 6.54 Å². The van der Waals surface area contributed by atoms with Gasteiger partial charge in [-0.1, -0.05) is 23.7 Å². The Bertz CT molecular complexity index is 970. The van der Waals surface area contributed by atoms with E-state index in [9.17, 15) is 18.0 Å². The molecule has 1 aromatic heterocycles. The van der Waals surface area contributed by atoms with Crippen LogP contribution in [-0.4, -0.2) is 37.3 Å². The molecule has 2 aromatic rings. The SMILES string of the molecule is C[C@@H](NC(=O)Cn1cc(S(=O)(=O)N(C)C)ccc1=O)c1cccc(Cl)c1. The van der Waals surface area contributed by atoms with Crippen molar-refractivity contribution in [1.82, 2.24) is 14.2 Å². The topological polar surface area (TPSA) is 88.5 Å². The lowest BCUT2D eigenvalue weighted by atomic mass is 10.1. The van der Waals surface area contributed by atoms with Crippen molar-refractivity contribution < 1.29 is 13.2 Å². The molecule has 1 aromatic carbocycles. The lowest BCUT2D eigenvalue weighted by molar-refractivity contribution is -0.122. The first-order valence-corrected chi connectivity index (χ1v) is 9.61. The van der Waals surface area contributed by atoms with Crippen molar-refractivity contribution in [2.45, 2.75) is 24.4 Å². The number of aromatic nitrogens is 1. The van der Waals surface area contributed by atoms with E-state index in [-0.39, 0.29) is 17.5 Å². The zero-order valence-corrected chi connectivity index (χ0v) is 16.2. The van der Waals surface area contributed by atoms with Crippen LogP contribution in [0.25, 0.3) is 0 Å². The smallest absolute Gasteiger partial charge is 0.251 e. The molecule has 0 saturated carbocycles. The number of carbonyl (C=O) groups is 1. The molecule has 0 aliphatic rings. The molecule has 140 valence electrons. The molecule has 1 heterocycles. The Hall–Kier alpha value is -2.16. The molecule has 1 atom stereocenters. The second-order valence-corrected chi connectivity index (χ2v) is 8.55. The summed E-state index contributed by atoms with van der Waals surface area (Å²) in [7, 11) is -0.909. The summed E-state index contributed by atoms with van der Waals surface area (Å²) in [6.07, 6.45) is 1.17. The average molecular weight is 398 g/mol. The largest absolute Gasteiger partial charge is 0.348 e. The second-order valence-electron chi connectivity index (χ2n) is 5.96. The number of benzene rings is 1. The van der Waals surface area contributed by atoms with E-state index in [1.165, 1.54) is 26.4 Å². The van der Waals surface area contributed by atoms with Gasteiger partial charge >= 0.3 is 0 Å². The lowest BCUT2D eigenvalue weighted by Gasteiger charge is -2.16. The molecule has 0 fully saturated rings. The van der Waals surface area contributed by atoms with Crippen LogP contribution in [0.5, 0.6) is 0 Å². The molecule has 0 aliphatic heterocycles. The van der Waals surface area contributed by atoms with Crippen molar-refractivity contribution in [3.63, 3.8) is 0 Å². The predicted octanol–water partition coefficient (Wildman–Crippen LogP) is 1.63. The molecule has 0 spiro atoms. The highest BCUT2D eigenvalue weighted by atomic mass is 35.5. The molecular weight excluding hydrogens is 378 g/mol. The van der Waals surface area contributed by atoms with Gasteiger partial charge in [0, 0.05) is 31.4 Å². The van der Waals surface area contributed by atoms with E-state index in [4.69, 9.17) is 11.6 Å². The number of halogens is 1. The third kappa shape index (κ3) is 4.72. The van der Waals surface area contributed by atoms with Crippen LogP contribution in [-0.2, 0) is 21.4 Å². The lowest BCUT2D eigenvalue weighted by Crippen LogP contribution is -2.34. The van der Waals surface area contributed by atoms with E-state index in [0.717, 1.165) is 20.5 Å². The van der Waals surface area contributed by atoms with E-state index >= 15 is 0 Å². The Balaban J connectivity index is 2.17. The number of pyridine rings is 1. The van der Waals surface area contributed by atoms with Crippen LogP contribution >= 0.6 is 11.6 Å². The van der Waals surface area contributed by atoms with Gasteiger partial charge in [0.2, 0.25) is 15.9 Å². The van der Waals surface area contributed by atoms with E-state index in [0.29, 0.717) is 5.02 Å². The molecule has 0 radical (unpaired) electrons. The van der Waals surface area contributed by atoms with Crippen LogP contribution in [0.1, 0.15) is 18.5 Å². The number of rotatable bonds is 6. The fourth-order valence-electron chi connectivity index (χ4n) is 2.30. The van der Waals surface area contributed by atoms with Crippen LogP contribution < -0.4 is 10.9 Å². The summed E-state index contributed by atoms with van der Waals surface area (Å²) < 4.78 is 26.5. The minimum absolute atomic E-state index is 0.0576. The Labute approximate surface area is 157 Å². The molecule has 0 bridgehead atoms. The first-order chi connectivity index (χ1) is 12.1. The van der Waals surface area contributed by atoms with Gasteiger partial charge in [-0.3, -0.25) is 9.59 Å². The maximum atomic E-state index is 12.3. The van der Waals surface area contributed by atoms with Gasteiger partial charge in [-0.2, -0.15) is 0 Å². The molecule has 9 heteroatoms. The Morgan fingerprint density at radius 1 is 1.27 bits per heavy atom. The molecule has 26 heavy (non-hydrogen) atoms. The molecule has 2 rings (SSSR count). The third-order valence-electron chi connectivity index (χ3n) is 3.78. The molecular formula is C17H20ClN3O4S. The number of carbonyl (C=O) groups excluding carboxylic acids is 1. The summed E-state index contributed by atoms with van der Waals surface area (Å²) in [5.74, 6) is -0.418. The normalized spacial score (nSPS) is 12.8. The highest BCUT2D eigenvalue weighted by molar-refractivity contribution is 7.89. The monoisotopic (exact) mass is 397 g/mol. The van der Waals surface area contributed by atoms with Crippen molar-refractivity contribution in [1.29, 1.82) is 0 Å². The summed E-state index contributed by atoms with van der Waals surface area (Å²) in [6.45, 7) is 1.50. The predicted molar refractivity (Wildman–Crippen MR) is 99.6 cm³/mol. The molecule has 0 unspecified atom stereocenters. The number of sulfonamides is 1. The standard InChI is InChI=1S/C17H20ClN3O4S/c1-12(13-5-4-6-14(18)9-13)19-16(22)11-21-10-15(7-8-17(21)23)26(24,25)20(2)3/h4-10,12H,11H2,1-3H3,(H,19,22)/t12-/m1/s1. The number of amides is 1. The van der Waals surface area contributed by atoms with Crippen LogP contribution in [0.3, 0.4) is 0 Å². The van der Waals surface area contributed by atoms with Crippen molar-refractivity contribution in [3.05, 3.63) is 63.5 Å². The van der Waals surface area contributed by atoms with E-state index in [1.54, 1.807) is 25.1 Å². The van der Waals surface area contributed by atoms with Crippen LogP contribution in [0, 0.1) is 0 Å². The van der Waals surface area contributed by atoms with Gasteiger partial charge in [0.05, 0.1) is 10.9 Å². The molecule has 7 nitrogen and oxygen atoms in total. The van der Waals surface area contributed by atoms with Crippen molar-refractivity contribution in [3.8, 4) is 0 Å². The fraction of sp³-hybridized carbons (Fsp3) is 0.294. The van der Waals surface area contributed by atoms with Crippen molar-refractivity contribution in [2.75, 3.05) is 14.1 Å². The average Bonchev–Trinajstić information content (AvgIpc) is 2.56. The summed E-state index contributed by atoms with van der Waals surface area (Å²) in [6, 6.07) is 9.11. The summed E-state index contributed by atoms with van der Waals surface area (Å²) in [5.41, 5.74) is 0.357. The fourth-order valence-corrected chi connectivity index (χ4v) is 3.42. The van der Waals surface area contributed by atoms with Gasteiger partial charge in [0.15, 0.2) is 0 Å². The summed E-state index contributed by atoms with van der Waals surface area (Å²) in [4.78, 5) is 24.2. The number of hydrogen-bond acceptors (Lipinski definition) is 4. The Morgan fingerprint density at radius 3 is 2.58 bits per heavy atom. The minimum atomic E-state index is -3.70. The summed E-state index contributed by atoms with van der Waals surface area (Å²) >= 11 is 5.94. The highest BCUT2D eigenvalue weighted by Crippen LogP contribution is 2.17. The molecule has 0 aliphatic carbocycles. The van der Waals surface area contributed by atoms with Gasteiger partial charge in [0.25, 0.3) is 5.56 Å². The zero-order valence-electron chi connectivity index (χ0n) is 14.6. The first-order valence-electron chi connectivity index (χ1n) is 7.79. The van der Waals surface area contributed by atoms with Gasteiger partial charge in [-0.25, -0.2) is 12.7 Å². The maximum Gasteiger partial charge on any atom is 0.251 e. The maximum absolute atomic E-state index is 12.3. The van der Waals surface area contributed by atoms with Gasteiger partial charge < -0.3 is 9.88 Å². The highest BCUT2D eigenvalue weighted by Gasteiger charge is 2.19. The van der Waals surface area contributed by atoms with E-state index in [1.807, 2.05) is 6.07 Å². The van der Waals surface area contributed by atoms with Crippen molar-refractivity contribution in [2.24, 2.45) is 0 Å². The van der Waals surface area contributed by atoms with Crippen LogP contribution in [0.15, 0.2) is 52.3 Å². The molecule has 0 saturated heterocycles. The zero-order chi connectivity index (χ0) is 19.5. The van der Waals surface area contributed by atoms with E-state index < -0.39 is 21.5 Å². The Kier molecular flexibility index (Phi) is 6.22. The number of nitrogens with zero attached hydrogens (tertiary/aromatic N) is 2. The first kappa shape index (κ1) is 20.2. The van der Waals surface area contributed by atoms with Crippen molar-refractivity contribution >= 4 is 27.5 Å². The molecule has 1 amide bonds. The third-order valence-corrected chi connectivity index (χ3v) is 5.81. The van der Waals surface area contributed by atoms with Crippen LogP contribution in [0.4, 0.5) is 0 Å². The number of nitrogens with one attached hydrogen (secondary N) is 1. The van der Waals surface area contributed by atoms with Crippen LogP contribution in [0.2, 0.25) is 5.02 Å². The second kappa shape index (κ2) is 8.03. The minimum Gasteiger partial charge on any atom is -0.348 e. The van der Waals surface area contributed by atoms with E-state index in [2.05, 4.69) is 5.32 Å². The summed E-state index contributed by atoms with van der Waals surface area (Å²) in [5, 5.41) is 3.32. The Morgan fingerprint density at radius 2 is 1.96 bits per heavy atom.